The normalized spacial score (nSPS) is 13.8. The van der Waals surface area contributed by atoms with Crippen molar-refractivity contribution in [1.29, 1.82) is 0 Å². The molecule has 0 saturated carbocycles. The quantitative estimate of drug-likeness (QED) is 0.627. The molecule has 0 radical (unpaired) electrons. The Hall–Kier alpha value is -2.64. The van der Waals surface area contributed by atoms with Gasteiger partial charge in [0.1, 0.15) is 5.75 Å². The Kier molecular flexibility index (Phi) is 9.47. The van der Waals surface area contributed by atoms with Crippen molar-refractivity contribution in [3.63, 3.8) is 0 Å². The lowest BCUT2D eigenvalue weighted by Crippen LogP contribution is -2.38. The SMILES string of the molecule is COc1c(Oc2ccc(CCN)cc2)cc(C(=O)N2CCC(C)CC2)c(OC)c1OC.Cl. The Morgan fingerprint density at radius 3 is 2.12 bits per heavy atom. The molecule has 0 aliphatic carbocycles. The van der Waals surface area contributed by atoms with Crippen molar-refractivity contribution in [3.8, 4) is 28.7 Å². The number of nitrogens with two attached hydrogens (primary N) is 1. The highest BCUT2D eigenvalue weighted by atomic mass is 35.5. The Balaban J connectivity index is 0.00000363. The number of piperidine rings is 1. The molecule has 2 aromatic carbocycles. The monoisotopic (exact) mass is 464 g/mol. The average Bonchev–Trinajstić information content (AvgIpc) is 2.79. The van der Waals surface area contributed by atoms with Gasteiger partial charge < -0.3 is 29.6 Å². The molecular formula is C24H33ClN2O5. The number of amides is 1. The zero-order valence-corrected chi connectivity index (χ0v) is 20.0. The third-order valence-electron chi connectivity index (χ3n) is 5.65. The van der Waals surface area contributed by atoms with Crippen LogP contribution in [0.1, 0.15) is 35.7 Å². The lowest BCUT2D eigenvalue weighted by Gasteiger charge is -2.31. The molecule has 1 heterocycles. The minimum absolute atomic E-state index is 0. The summed E-state index contributed by atoms with van der Waals surface area (Å²) in [5.41, 5.74) is 7.15. The van der Waals surface area contributed by atoms with E-state index in [1.54, 1.807) is 6.07 Å². The van der Waals surface area contributed by atoms with E-state index in [1.165, 1.54) is 21.3 Å². The molecule has 32 heavy (non-hydrogen) atoms. The summed E-state index contributed by atoms with van der Waals surface area (Å²) in [5.74, 6) is 2.57. The van der Waals surface area contributed by atoms with Crippen LogP contribution in [0.15, 0.2) is 30.3 Å². The van der Waals surface area contributed by atoms with Gasteiger partial charge in [-0.3, -0.25) is 4.79 Å². The second kappa shape index (κ2) is 11.8. The summed E-state index contributed by atoms with van der Waals surface area (Å²) in [6.07, 6.45) is 2.77. The van der Waals surface area contributed by atoms with E-state index in [1.807, 2.05) is 29.2 Å². The van der Waals surface area contributed by atoms with Gasteiger partial charge in [0.2, 0.25) is 11.5 Å². The van der Waals surface area contributed by atoms with E-state index >= 15 is 0 Å². The molecule has 0 atom stereocenters. The summed E-state index contributed by atoms with van der Waals surface area (Å²) >= 11 is 0. The zero-order valence-electron chi connectivity index (χ0n) is 19.2. The Labute approximate surface area is 196 Å². The summed E-state index contributed by atoms with van der Waals surface area (Å²) in [6, 6.07) is 9.35. The molecule has 0 spiro atoms. The highest BCUT2D eigenvalue weighted by molar-refractivity contribution is 5.99. The third kappa shape index (κ3) is 5.58. The number of rotatable bonds is 8. The molecule has 1 fully saturated rings. The molecule has 0 unspecified atom stereocenters. The van der Waals surface area contributed by atoms with Gasteiger partial charge in [0.25, 0.3) is 5.91 Å². The first-order valence-electron chi connectivity index (χ1n) is 10.6. The summed E-state index contributed by atoms with van der Waals surface area (Å²) < 4.78 is 22.8. The maximum atomic E-state index is 13.4. The Bertz CT molecular complexity index is 896. The first kappa shape index (κ1) is 25.6. The maximum Gasteiger partial charge on any atom is 0.257 e. The fourth-order valence-electron chi connectivity index (χ4n) is 3.82. The van der Waals surface area contributed by atoms with Crippen molar-refractivity contribution in [2.75, 3.05) is 41.0 Å². The molecule has 3 rings (SSSR count). The van der Waals surface area contributed by atoms with Crippen LogP contribution in [0.2, 0.25) is 0 Å². The molecule has 1 aliphatic rings. The van der Waals surface area contributed by atoms with Crippen LogP contribution in [0.25, 0.3) is 0 Å². The van der Waals surface area contributed by atoms with Crippen LogP contribution in [0, 0.1) is 5.92 Å². The van der Waals surface area contributed by atoms with Gasteiger partial charge in [-0.05, 0) is 49.4 Å². The molecule has 1 saturated heterocycles. The van der Waals surface area contributed by atoms with Gasteiger partial charge in [0.15, 0.2) is 11.5 Å². The van der Waals surface area contributed by atoms with E-state index < -0.39 is 0 Å². The number of benzene rings is 2. The van der Waals surface area contributed by atoms with Crippen LogP contribution < -0.4 is 24.7 Å². The lowest BCUT2D eigenvalue weighted by molar-refractivity contribution is 0.0692. The van der Waals surface area contributed by atoms with Gasteiger partial charge in [-0.1, -0.05) is 19.1 Å². The van der Waals surface area contributed by atoms with Gasteiger partial charge in [-0.2, -0.15) is 0 Å². The van der Waals surface area contributed by atoms with Crippen LogP contribution in [0.4, 0.5) is 0 Å². The second-order valence-corrected chi connectivity index (χ2v) is 7.78. The van der Waals surface area contributed by atoms with Gasteiger partial charge in [-0.15, -0.1) is 12.4 Å². The molecule has 0 bridgehead atoms. The number of carbonyl (C=O) groups excluding carboxylic acids is 1. The molecule has 176 valence electrons. The van der Waals surface area contributed by atoms with Crippen molar-refractivity contribution in [1.82, 2.24) is 4.90 Å². The van der Waals surface area contributed by atoms with Crippen LogP contribution in [0.3, 0.4) is 0 Å². The highest BCUT2D eigenvalue weighted by Gasteiger charge is 2.30. The topological polar surface area (TPSA) is 83.3 Å². The lowest BCUT2D eigenvalue weighted by atomic mass is 9.98. The average molecular weight is 465 g/mol. The van der Waals surface area contributed by atoms with Crippen molar-refractivity contribution >= 4 is 18.3 Å². The van der Waals surface area contributed by atoms with Crippen LogP contribution in [0.5, 0.6) is 28.7 Å². The highest BCUT2D eigenvalue weighted by Crippen LogP contribution is 2.48. The number of likely N-dealkylation sites (tertiary alicyclic amines) is 1. The fourth-order valence-corrected chi connectivity index (χ4v) is 3.82. The molecule has 1 amide bonds. The first-order valence-corrected chi connectivity index (χ1v) is 10.6. The van der Waals surface area contributed by atoms with Crippen molar-refractivity contribution < 1.29 is 23.7 Å². The van der Waals surface area contributed by atoms with E-state index in [2.05, 4.69) is 6.92 Å². The van der Waals surface area contributed by atoms with Gasteiger partial charge in [0.05, 0.1) is 26.9 Å². The standard InChI is InChI=1S/C24H32N2O5.ClH/c1-16-10-13-26(14-11-16)24(27)19-15-20(22(29-3)23(30-4)21(19)28-2)31-18-7-5-17(6-8-18)9-12-25;/h5-8,15-16H,9-14,25H2,1-4H3;1H. The molecule has 1 aliphatic heterocycles. The fraction of sp³-hybridized carbons (Fsp3) is 0.458. The first-order chi connectivity index (χ1) is 15.0. The molecule has 0 aromatic heterocycles. The number of ether oxygens (including phenoxy) is 4. The molecular weight excluding hydrogens is 432 g/mol. The van der Waals surface area contributed by atoms with Crippen molar-refractivity contribution in [3.05, 3.63) is 41.5 Å². The third-order valence-corrected chi connectivity index (χ3v) is 5.65. The summed E-state index contributed by atoms with van der Waals surface area (Å²) in [5, 5.41) is 0. The minimum atomic E-state index is -0.104. The van der Waals surface area contributed by atoms with Crippen LogP contribution in [-0.2, 0) is 6.42 Å². The molecule has 2 aromatic rings. The maximum absolute atomic E-state index is 13.4. The number of hydrogen-bond acceptors (Lipinski definition) is 6. The predicted molar refractivity (Wildman–Crippen MR) is 127 cm³/mol. The van der Waals surface area contributed by atoms with Gasteiger partial charge >= 0.3 is 0 Å². The molecule has 7 nitrogen and oxygen atoms in total. The number of methoxy groups -OCH3 is 3. The molecule has 2 N–H and O–H groups in total. The van der Waals surface area contributed by atoms with E-state index in [0.717, 1.165) is 37.9 Å². The summed E-state index contributed by atoms with van der Waals surface area (Å²) in [7, 11) is 4.56. The summed E-state index contributed by atoms with van der Waals surface area (Å²) in [4.78, 5) is 15.2. The number of carbonyl (C=O) groups is 1. The number of nitrogens with zero attached hydrogens (tertiary/aromatic N) is 1. The Morgan fingerprint density at radius 2 is 1.59 bits per heavy atom. The van der Waals surface area contributed by atoms with E-state index in [-0.39, 0.29) is 18.3 Å². The largest absolute Gasteiger partial charge is 0.492 e. The van der Waals surface area contributed by atoms with E-state index in [0.29, 0.717) is 46.8 Å². The Morgan fingerprint density at radius 1 is 1.00 bits per heavy atom. The number of halogens is 1. The second-order valence-electron chi connectivity index (χ2n) is 7.78. The van der Waals surface area contributed by atoms with Crippen molar-refractivity contribution in [2.24, 2.45) is 11.7 Å². The smallest absolute Gasteiger partial charge is 0.257 e. The van der Waals surface area contributed by atoms with Crippen LogP contribution >= 0.6 is 12.4 Å². The van der Waals surface area contributed by atoms with E-state index in [4.69, 9.17) is 24.7 Å². The van der Waals surface area contributed by atoms with E-state index in [9.17, 15) is 4.79 Å². The summed E-state index contributed by atoms with van der Waals surface area (Å²) in [6.45, 7) is 4.24. The number of hydrogen-bond donors (Lipinski definition) is 1. The minimum Gasteiger partial charge on any atom is -0.492 e. The predicted octanol–water partition coefficient (Wildman–Crippen LogP) is 4.30. The van der Waals surface area contributed by atoms with Crippen LogP contribution in [-0.4, -0.2) is 51.8 Å². The van der Waals surface area contributed by atoms with Gasteiger partial charge in [-0.25, -0.2) is 0 Å². The van der Waals surface area contributed by atoms with Crippen molar-refractivity contribution in [2.45, 2.75) is 26.2 Å². The van der Waals surface area contributed by atoms with Gasteiger partial charge in [0, 0.05) is 19.2 Å². The molecule has 8 heteroatoms. The zero-order chi connectivity index (χ0) is 22.4.